The Balaban J connectivity index is 2.40. The van der Waals surface area contributed by atoms with Crippen LogP contribution in [0.3, 0.4) is 0 Å². The molecule has 1 rings (SSSR count). The van der Waals surface area contributed by atoms with Gasteiger partial charge in [-0.25, -0.2) is 4.79 Å². The van der Waals surface area contributed by atoms with E-state index in [2.05, 4.69) is 15.4 Å². The Bertz CT molecular complexity index is 505. The molecule has 0 spiro atoms. The van der Waals surface area contributed by atoms with E-state index < -0.39 is 6.09 Å². The number of rotatable bonds is 8. The van der Waals surface area contributed by atoms with Gasteiger partial charge in [0.1, 0.15) is 11.5 Å². The summed E-state index contributed by atoms with van der Waals surface area (Å²) in [6.45, 7) is 2.27. The highest BCUT2D eigenvalue weighted by molar-refractivity contribution is 5.82. The summed E-state index contributed by atoms with van der Waals surface area (Å²) < 4.78 is 15.1. The third kappa shape index (κ3) is 5.90. The Labute approximate surface area is 129 Å². The first-order valence-corrected chi connectivity index (χ1v) is 6.99. The van der Waals surface area contributed by atoms with E-state index in [-0.39, 0.29) is 19.1 Å². The molecule has 7 nitrogen and oxygen atoms in total. The topological polar surface area (TPSA) is 85.9 Å². The molecule has 2 amide bonds. The Morgan fingerprint density at radius 3 is 2.55 bits per heavy atom. The monoisotopic (exact) mass is 310 g/mol. The Hall–Kier alpha value is -2.44. The fraction of sp³-hybridized carbons (Fsp3) is 0.467. The maximum Gasteiger partial charge on any atom is 0.407 e. The molecule has 22 heavy (non-hydrogen) atoms. The van der Waals surface area contributed by atoms with E-state index in [1.807, 2.05) is 18.2 Å². The molecule has 0 unspecified atom stereocenters. The summed E-state index contributed by atoms with van der Waals surface area (Å²) in [6, 6.07) is 5.49. The zero-order valence-corrected chi connectivity index (χ0v) is 13.1. The number of nitrogens with one attached hydrogen (secondary N) is 2. The van der Waals surface area contributed by atoms with Crippen molar-refractivity contribution in [1.29, 1.82) is 0 Å². The van der Waals surface area contributed by atoms with Gasteiger partial charge in [-0.3, -0.25) is 4.79 Å². The third-order valence-electron chi connectivity index (χ3n) is 2.87. The maximum absolute atomic E-state index is 11.6. The van der Waals surface area contributed by atoms with Gasteiger partial charge in [-0.2, -0.15) is 0 Å². The summed E-state index contributed by atoms with van der Waals surface area (Å²) in [7, 11) is 3.18. The van der Waals surface area contributed by atoms with Gasteiger partial charge >= 0.3 is 6.09 Å². The predicted octanol–water partition coefficient (Wildman–Crippen LogP) is 1.11. The van der Waals surface area contributed by atoms with Crippen LogP contribution in [0.25, 0.3) is 0 Å². The number of hydrogen-bond donors (Lipinski definition) is 2. The molecule has 0 saturated carbocycles. The molecule has 2 N–H and O–H groups in total. The fourth-order valence-corrected chi connectivity index (χ4v) is 1.81. The van der Waals surface area contributed by atoms with Gasteiger partial charge in [-0.1, -0.05) is 0 Å². The molecule has 0 bridgehead atoms. The number of methoxy groups -OCH3 is 2. The molecule has 0 heterocycles. The van der Waals surface area contributed by atoms with Crippen molar-refractivity contribution in [3.8, 4) is 11.5 Å². The minimum Gasteiger partial charge on any atom is -0.497 e. The second kappa shape index (κ2) is 9.49. The lowest BCUT2D eigenvalue weighted by Gasteiger charge is -2.11. The van der Waals surface area contributed by atoms with E-state index in [0.717, 1.165) is 17.1 Å². The van der Waals surface area contributed by atoms with Gasteiger partial charge in [0.25, 0.3) is 0 Å². The average molecular weight is 310 g/mol. The van der Waals surface area contributed by atoms with E-state index in [1.54, 1.807) is 21.1 Å². The first-order chi connectivity index (χ1) is 10.6. The SMILES string of the molecule is CCOC(=O)NCC(=O)NCCc1cc(OC)ccc1OC. The molecular weight excluding hydrogens is 288 g/mol. The van der Waals surface area contributed by atoms with Crippen molar-refractivity contribution in [1.82, 2.24) is 10.6 Å². The van der Waals surface area contributed by atoms with E-state index in [0.29, 0.717) is 13.0 Å². The van der Waals surface area contributed by atoms with Crippen LogP contribution in [0.15, 0.2) is 18.2 Å². The summed E-state index contributed by atoms with van der Waals surface area (Å²) in [5, 5.41) is 5.07. The molecule has 122 valence electrons. The number of amides is 2. The molecule has 0 fully saturated rings. The number of ether oxygens (including phenoxy) is 3. The van der Waals surface area contributed by atoms with Gasteiger partial charge in [0.05, 0.1) is 27.4 Å². The van der Waals surface area contributed by atoms with Gasteiger partial charge in [-0.05, 0) is 37.1 Å². The number of hydrogen-bond acceptors (Lipinski definition) is 5. The summed E-state index contributed by atoms with van der Waals surface area (Å²) in [5.74, 6) is 1.18. The summed E-state index contributed by atoms with van der Waals surface area (Å²) in [6.07, 6.45) is -0.0157. The van der Waals surface area contributed by atoms with Crippen molar-refractivity contribution in [3.05, 3.63) is 23.8 Å². The first-order valence-electron chi connectivity index (χ1n) is 6.99. The smallest absolute Gasteiger partial charge is 0.407 e. The molecule has 1 aromatic carbocycles. The zero-order chi connectivity index (χ0) is 16.4. The highest BCUT2D eigenvalue weighted by atomic mass is 16.5. The number of benzene rings is 1. The van der Waals surface area contributed by atoms with Crippen molar-refractivity contribution < 1.29 is 23.8 Å². The van der Waals surface area contributed by atoms with Crippen LogP contribution >= 0.6 is 0 Å². The van der Waals surface area contributed by atoms with E-state index >= 15 is 0 Å². The van der Waals surface area contributed by atoms with Crippen molar-refractivity contribution in [2.75, 3.05) is 33.9 Å². The van der Waals surface area contributed by atoms with Gasteiger partial charge in [-0.15, -0.1) is 0 Å². The largest absolute Gasteiger partial charge is 0.497 e. The number of carbonyl (C=O) groups excluding carboxylic acids is 2. The Morgan fingerprint density at radius 2 is 1.91 bits per heavy atom. The Morgan fingerprint density at radius 1 is 1.14 bits per heavy atom. The summed E-state index contributed by atoms with van der Waals surface area (Å²) in [5.41, 5.74) is 0.931. The lowest BCUT2D eigenvalue weighted by molar-refractivity contribution is -0.120. The van der Waals surface area contributed by atoms with Crippen LogP contribution in [-0.2, 0) is 16.0 Å². The van der Waals surface area contributed by atoms with Crippen molar-refractivity contribution in [2.24, 2.45) is 0 Å². The molecular formula is C15H22N2O5. The van der Waals surface area contributed by atoms with E-state index in [9.17, 15) is 9.59 Å². The van der Waals surface area contributed by atoms with E-state index in [4.69, 9.17) is 9.47 Å². The van der Waals surface area contributed by atoms with Crippen molar-refractivity contribution in [3.63, 3.8) is 0 Å². The highest BCUT2D eigenvalue weighted by Gasteiger charge is 2.08. The van der Waals surface area contributed by atoms with Gasteiger partial charge in [0.2, 0.25) is 5.91 Å². The number of carbonyl (C=O) groups is 2. The fourth-order valence-electron chi connectivity index (χ4n) is 1.81. The van der Waals surface area contributed by atoms with E-state index in [1.165, 1.54) is 0 Å². The van der Waals surface area contributed by atoms with Gasteiger partial charge in [0.15, 0.2) is 0 Å². The first kappa shape index (κ1) is 17.6. The van der Waals surface area contributed by atoms with Crippen LogP contribution in [0, 0.1) is 0 Å². The minimum atomic E-state index is -0.605. The van der Waals surface area contributed by atoms with Crippen LogP contribution in [0.5, 0.6) is 11.5 Å². The second-order valence-corrected chi connectivity index (χ2v) is 4.35. The molecule has 0 atom stereocenters. The normalized spacial score (nSPS) is 9.77. The zero-order valence-electron chi connectivity index (χ0n) is 13.1. The summed E-state index contributed by atoms with van der Waals surface area (Å²) in [4.78, 5) is 22.6. The molecule has 0 aliphatic rings. The molecule has 0 saturated heterocycles. The molecule has 1 aromatic rings. The quantitative estimate of drug-likeness (QED) is 0.751. The van der Waals surface area contributed by atoms with Crippen molar-refractivity contribution in [2.45, 2.75) is 13.3 Å². The highest BCUT2D eigenvalue weighted by Crippen LogP contribution is 2.23. The molecule has 0 aliphatic carbocycles. The van der Waals surface area contributed by atoms with Crippen LogP contribution in [0.4, 0.5) is 4.79 Å². The minimum absolute atomic E-state index is 0.117. The lowest BCUT2D eigenvalue weighted by atomic mass is 10.1. The average Bonchev–Trinajstić information content (AvgIpc) is 2.53. The molecule has 0 radical (unpaired) electrons. The number of alkyl carbamates (subject to hydrolysis) is 1. The van der Waals surface area contributed by atoms with Gasteiger partial charge in [0, 0.05) is 6.54 Å². The third-order valence-corrected chi connectivity index (χ3v) is 2.87. The van der Waals surface area contributed by atoms with Crippen LogP contribution in [-0.4, -0.2) is 45.9 Å². The Kier molecular flexibility index (Phi) is 7.60. The predicted molar refractivity (Wildman–Crippen MR) is 81.3 cm³/mol. The molecule has 7 heteroatoms. The van der Waals surface area contributed by atoms with Crippen LogP contribution in [0.1, 0.15) is 12.5 Å². The van der Waals surface area contributed by atoms with Crippen molar-refractivity contribution >= 4 is 12.0 Å². The molecule has 0 aromatic heterocycles. The second-order valence-electron chi connectivity index (χ2n) is 4.35. The standard InChI is InChI=1S/C15H22N2O5/c1-4-22-15(19)17-10-14(18)16-8-7-11-9-12(20-2)5-6-13(11)21-3/h5-6,9H,4,7-8,10H2,1-3H3,(H,16,18)(H,17,19). The van der Waals surface area contributed by atoms with Crippen LogP contribution < -0.4 is 20.1 Å². The summed E-state index contributed by atoms with van der Waals surface area (Å²) >= 11 is 0. The lowest BCUT2D eigenvalue weighted by Crippen LogP contribution is -2.37. The van der Waals surface area contributed by atoms with Crippen LogP contribution in [0.2, 0.25) is 0 Å². The molecule has 0 aliphatic heterocycles. The maximum atomic E-state index is 11.6. The van der Waals surface area contributed by atoms with Gasteiger partial charge < -0.3 is 24.8 Å².